The van der Waals surface area contributed by atoms with E-state index in [0.717, 1.165) is 11.3 Å². The molecule has 1 atom stereocenters. The molecule has 0 radical (unpaired) electrons. The highest BCUT2D eigenvalue weighted by Gasteiger charge is 2.08. The average Bonchev–Trinajstić information content (AvgIpc) is 2.16. The van der Waals surface area contributed by atoms with Gasteiger partial charge in [-0.2, -0.15) is 0 Å². The SMILES string of the molecule is COc1ccccc1[C@@H](N)CN.Cl. The van der Waals surface area contributed by atoms with Crippen molar-refractivity contribution in [1.82, 2.24) is 0 Å². The maximum atomic E-state index is 5.77. The normalized spacial score (nSPS) is 11.6. The zero-order valence-electron chi connectivity index (χ0n) is 7.57. The molecule has 0 aliphatic carbocycles. The number of nitrogens with two attached hydrogens (primary N) is 2. The van der Waals surface area contributed by atoms with E-state index in [9.17, 15) is 0 Å². The van der Waals surface area contributed by atoms with Gasteiger partial charge in [-0.1, -0.05) is 18.2 Å². The van der Waals surface area contributed by atoms with Crippen molar-refractivity contribution in [2.24, 2.45) is 11.5 Å². The number of rotatable bonds is 3. The summed E-state index contributed by atoms with van der Waals surface area (Å²) >= 11 is 0. The lowest BCUT2D eigenvalue weighted by molar-refractivity contribution is 0.406. The van der Waals surface area contributed by atoms with Crippen LogP contribution >= 0.6 is 12.4 Å². The second-order valence-electron chi connectivity index (χ2n) is 2.58. The number of para-hydroxylation sites is 1. The lowest BCUT2D eigenvalue weighted by Crippen LogP contribution is -2.21. The largest absolute Gasteiger partial charge is 0.496 e. The summed E-state index contributed by atoms with van der Waals surface area (Å²) in [6, 6.07) is 7.50. The van der Waals surface area contributed by atoms with Gasteiger partial charge in [0.1, 0.15) is 5.75 Å². The zero-order valence-corrected chi connectivity index (χ0v) is 8.38. The Labute approximate surface area is 84.5 Å². The lowest BCUT2D eigenvalue weighted by Gasteiger charge is -2.12. The summed E-state index contributed by atoms with van der Waals surface area (Å²) in [4.78, 5) is 0. The summed E-state index contributed by atoms with van der Waals surface area (Å²) in [7, 11) is 1.63. The molecule has 0 saturated heterocycles. The van der Waals surface area contributed by atoms with Crippen LogP contribution in [0.4, 0.5) is 0 Å². The van der Waals surface area contributed by atoms with Crippen LogP contribution in [0.5, 0.6) is 5.75 Å². The van der Waals surface area contributed by atoms with Crippen molar-refractivity contribution in [1.29, 1.82) is 0 Å². The van der Waals surface area contributed by atoms with Crippen LogP contribution < -0.4 is 16.2 Å². The summed E-state index contributed by atoms with van der Waals surface area (Å²) in [6.45, 7) is 0.431. The molecule has 0 heterocycles. The quantitative estimate of drug-likeness (QED) is 0.771. The molecule has 4 N–H and O–H groups in total. The highest BCUT2D eigenvalue weighted by molar-refractivity contribution is 5.85. The first-order chi connectivity index (χ1) is 5.79. The zero-order chi connectivity index (χ0) is 8.97. The molecule has 0 spiro atoms. The van der Waals surface area contributed by atoms with Gasteiger partial charge in [0.05, 0.1) is 7.11 Å². The number of hydrogen-bond donors (Lipinski definition) is 2. The van der Waals surface area contributed by atoms with Crippen molar-refractivity contribution in [3.63, 3.8) is 0 Å². The molecule has 1 aromatic carbocycles. The molecular weight excluding hydrogens is 188 g/mol. The highest BCUT2D eigenvalue weighted by atomic mass is 35.5. The minimum Gasteiger partial charge on any atom is -0.496 e. The van der Waals surface area contributed by atoms with Crippen LogP contribution in [0.25, 0.3) is 0 Å². The maximum absolute atomic E-state index is 5.77. The molecule has 0 saturated carbocycles. The summed E-state index contributed by atoms with van der Waals surface area (Å²) in [5.41, 5.74) is 12.2. The first kappa shape index (κ1) is 12.2. The van der Waals surface area contributed by atoms with Gasteiger partial charge in [0.25, 0.3) is 0 Å². The van der Waals surface area contributed by atoms with Gasteiger partial charge in [0.2, 0.25) is 0 Å². The van der Waals surface area contributed by atoms with Crippen LogP contribution in [-0.4, -0.2) is 13.7 Å². The van der Waals surface area contributed by atoms with Crippen molar-refractivity contribution in [2.45, 2.75) is 6.04 Å². The number of ether oxygens (including phenoxy) is 1. The number of hydrogen-bond acceptors (Lipinski definition) is 3. The Balaban J connectivity index is 0.00000144. The predicted molar refractivity (Wildman–Crippen MR) is 56.2 cm³/mol. The highest BCUT2D eigenvalue weighted by Crippen LogP contribution is 2.21. The molecule has 0 aliphatic heterocycles. The van der Waals surface area contributed by atoms with Gasteiger partial charge in [-0.3, -0.25) is 0 Å². The molecule has 0 aromatic heterocycles. The number of methoxy groups -OCH3 is 1. The second-order valence-corrected chi connectivity index (χ2v) is 2.58. The van der Waals surface area contributed by atoms with Gasteiger partial charge in [-0.25, -0.2) is 0 Å². The molecule has 1 rings (SSSR count). The molecule has 0 aliphatic rings. The van der Waals surface area contributed by atoms with Crippen molar-refractivity contribution < 1.29 is 4.74 Å². The van der Waals surface area contributed by atoms with Gasteiger partial charge in [0, 0.05) is 18.2 Å². The minimum atomic E-state index is -0.138. The van der Waals surface area contributed by atoms with Gasteiger partial charge < -0.3 is 16.2 Å². The van der Waals surface area contributed by atoms with E-state index < -0.39 is 0 Å². The van der Waals surface area contributed by atoms with Crippen LogP contribution in [0, 0.1) is 0 Å². The second kappa shape index (κ2) is 5.80. The summed E-state index contributed by atoms with van der Waals surface area (Å²) in [5.74, 6) is 0.801. The molecule has 3 nitrogen and oxygen atoms in total. The molecule has 0 amide bonds. The maximum Gasteiger partial charge on any atom is 0.123 e. The van der Waals surface area contributed by atoms with E-state index in [0.29, 0.717) is 6.54 Å². The van der Waals surface area contributed by atoms with Crippen LogP contribution in [0.2, 0.25) is 0 Å². The van der Waals surface area contributed by atoms with Crippen LogP contribution in [0.1, 0.15) is 11.6 Å². The van der Waals surface area contributed by atoms with Gasteiger partial charge in [0.15, 0.2) is 0 Å². The van der Waals surface area contributed by atoms with Crippen molar-refractivity contribution in [2.75, 3.05) is 13.7 Å². The Morgan fingerprint density at radius 2 is 2.00 bits per heavy atom. The lowest BCUT2D eigenvalue weighted by atomic mass is 10.1. The topological polar surface area (TPSA) is 61.3 Å². The van der Waals surface area contributed by atoms with Crippen molar-refractivity contribution in [3.05, 3.63) is 29.8 Å². The third kappa shape index (κ3) is 2.88. The molecular formula is C9H15ClN2O. The van der Waals surface area contributed by atoms with E-state index >= 15 is 0 Å². The molecule has 1 aromatic rings. The molecule has 74 valence electrons. The molecule has 0 fully saturated rings. The van der Waals surface area contributed by atoms with Crippen LogP contribution in [-0.2, 0) is 0 Å². The molecule has 4 heteroatoms. The van der Waals surface area contributed by atoms with Gasteiger partial charge in [-0.15, -0.1) is 12.4 Å². The first-order valence-corrected chi connectivity index (χ1v) is 3.88. The predicted octanol–water partition coefficient (Wildman–Crippen LogP) is 1.08. The van der Waals surface area contributed by atoms with E-state index in [1.807, 2.05) is 24.3 Å². The van der Waals surface area contributed by atoms with Crippen LogP contribution in [0.15, 0.2) is 24.3 Å². The van der Waals surface area contributed by atoms with Gasteiger partial charge >= 0.3 is 0 Å². The molecule has 13 heavy (non-hydrogen) atoms. The summed E-state index contributed by atoms with van der Waals surface area (Å²) in [6.07, 6.45) is 0. The van der Waals surface area contributed by atoms with Crippen LogP contribution in [0.3, 0.4) is 0 Å². The Hall–Kier alpha value is -0.770. The van der Waals surface area contributed by atoms with E-state index in [1.165, 1.54) is 0 Å². The molecule has 0 bridgehead atoms. The van der Waals surface area contributed by atoms with Crippen molar-refractivity contribution in [3.8, 4) is 5.75 Å². The minimum absolute atomic E-state index is 0. The Morgan fingerprint density at radius 1 is 1.38 bits per heavy atom. The fraction of sp³-hybridized carbons (Fsp3) is 0.333. The van der Waals surface area contributed by atoms with E-state index in [4.69, 9.17) is 16.2 Å². The average molecular weight is 203 g/mol. The first-order valence-electron chi connectivity index (χ1n) is 3.88. The number of halogens is 1. The molecule has 0 unspecified atom stereocenters. The smallest absolute Gasteiger partial charge is 0.123 e. The fourth-order valence-electron chi connectivity index (χ4n) is 1.10. The van der Waals surface area contributed by atoms with Crippen molar-refractivity contribution >= 4 is 12.4 Å². The Morgan fingerprint density at radius 3 is 2.54 bits per heavy atom. The summed E-state index contributed by atoms with van der Waals surface area (Å²) < 4.78 is 5.13. The summed E-state index contributed by atoms with van der Waals surface area (Å²) in [5, 5.41) is 0. The standard InChI is InChI=1S/C9H14N2O.ClH/c1-12-9-5-3-2-4-7(9)8(11)6-10;/h2-5,8H,6,10-11H2,1H3;1H/t8-;/m0./s1. The fourth-order valence-corrected chi connectivity index (χ4v) is 1.10. The Bertz CT molecular complexity index is 255. The van der Waals surface area contributed by atoms with E-state index in [2.05, 4.69) is 0 Å². The third-order valence-corrected chi connectivity index (χ3v) is 1.79. The van der Waals surface area contributed by atoms with E-state index in [1.54, 1.807) is 7.11 Å². The Kier molecular flexibility index (Phi) is 5.46. The van der Waals surface area contributed by atoms with E-state index in [-0.39, 0.29) is 18.4 Å². The third-order valence-electron chi connectivity index (χ3n) is 1.79. The van der Waals surface area contributed by atoms with Gasteiger partial charge in [-0.05, 0) is 6.07 Å². The monoisotopic (exact) mass is 202 g/mol. The number of benzene rings is 1.